The molecule has 1 aliphatic rings. The van der Waals surface area contributed by atoms with Crippen LogP contribution in [-0.4, -0.2) is 33.4 Å². The molecule has 4 rings (SSSR count). The van der Waals surface area contributed by atoms with Crippen molar-refractivity contribution in [3.8, 4) is 11.1 Å². The molecule has 2 aromatic carbocycles. The third-order valence-electron chi connectivity index (χ3n) is 5.46. The van der Waals surface area contributed by atoms with E-state index in [2.05, 4.69) is 0 Å². The van der Waals surface area contributed by atoms with Gasteiger partial charge < -0.3 is 20.1 Å². The smallest absolute Gasteiger partial charge is 0.550 e. The van der Waals surface area contributed by atoms with Crippen molar-refractivity contribution >= 4 is 22.9 Å². The molecule has 0 saturated heterocycles. The summed E-state index contributed by atoms with van der Waals surface area (Å²) in [5, 5.41) is 31.7. The summed E-state index contributed by atoms with van der Waals surface area (Å²) in [6.45, 7) is 0. The number of nitrogens with zero attached hydrogens (tertiary/aromatic N) is 1. The molecule has 0 bridgehead atoms. The average Bonchev–Trinajstić information content (AvgIpc) is 3.56. The topological polar surface area (TPSA) is 93.5 Å². The molecule has 2 N–H and O–H groups in total. The molecule has 1 fully saturated rings. The number of benzene rings is 2. The predicted octanol–water partition coefficient (Wildman–Crippen LogP) is 0.187. The zero-order valence-electron chi connectivity index (χ0n) is 17.9. The van der Waals surface area contributed by atoms with Crippen LogP contribution in [0.4, 0.5) is 4.39 Å². The summed E-state index contributed by atoms with van der Waals surface area (Å²) in [5.74, 6) is -1.36. The van der Waals surface area contributed by atoms with Gasteiger partial charge in [-0.2, -0.15) is 0 Å². The number of carbonyl (C=O) groups excluding carboxylic acids is 1. The minimum atomic E-state index is -1.36. The van der Waals surface area contributed by atoms with Gasteiger partial charge in [-0.3, -0.25) is 4.98 Å². The van der Waals surface area contributed by atoms with Gasteiger partial charge in [0, 0.05) is 41.2 Å². The fourth-order valence-corrected chi connectivity index (χ4v) is 3.85. The maximum absolute atomic E-state index is 13.6. The third-order valence-corrected chi connectivity index (χ3v) is 5.46. The Hall–Kier alpha value is -1.45. The monoisotopic (exact) mass is 459 g/mol. The summed E-state index contributed by atoms with van der Waals surface area (Å²) < 4.78 is 13.6. The molecule has 0 aliphatic heterocycles. The van der Waals surface area contributed by atoms with Crippen LogP contribution in [-0.2, 0) is 4.79 Å². The molecular weight excluding hydrogens is 436 g/mol. The number of carboxylic acids is 1. The van der Waals surface area contributed by atoms with Crippen LogP contribution in [0.15, 0.2) is 54.6 Å². The van der Waals surface area contributed by atoms with E-state index in [-0.39, 0.29) is 63.6 Å². The van der Waals surface area contributed by atoms with Crippen molar-refractivity contribution in [2.24, 2.45) is 0 Å². The molecule has 1 aromatic heterocycles. The molecule has 5 nitrogen and oxygen atoms in total. The van der Waals surface area contributed by atoms with Gasteiger partial charge in [-0.05, 0) is 36.6 Å². The molecule has 32 heavy (non-hydrogen) atoms. The van der Waals surface area contributed by atoms with Gasteiger partial charge in [-0.25, -0.2) is 4.39 Å². The van der Waals surface area contributed by atoms with Gasteiger partial charge in [0.2, 0.25) is 0 Å². The van der Waals surface area contributed by atoms with Crippen molar-refractivity contribution < 1.29 is 75.9 Å². The van der Waals surface area contributed by atoms with Gasteiger partial charge in [0.25, 0.3) is 0 Å². The summed E-state index contributed by atoms with van der Waals surface area (Å²) >= 11 is 0. The second-order valence-electron chi connectivity index (χ2n) is 7.98. The van der Waals surface area contributed by atoms with Crippen molar-refractivity contribution in [3.63, 3.8) is 0 Å². The van der Waals surface area contributed by atoms with Crippen molar-refractivity contribution in [2.75, 3.05) is 0 Å². The Balaban J connectivity index is 0.00000289. The Kier molecular flexibility index (Phi) is 8.74. The number of carbonyl (C=O) groups is 1. The van der Waals surface area contributed by atoms with Gasteiger partial charge in [0.1, 0.15) is 5.82 Å². The van der Waals surface area contributed by atoms with Gasteiger partial charge in [-0.15, -0.1) is 0 Å². The van der Waals surface area contributed by atoms with Crippen LogP contribution in [0.25, 0.3) is 28.1 Å². The number of rotatable bonds is 8. The van der Waals surface area contributed by atoms with Crippen LogP contribution in [0.2, 0.25) is 0 Å². The summed E-state index contributed by atoms with van der Waals surface area (Å²) in [6.07, 6.45) is 2.51. The van der Waals surface area contributed by atoms with Crippen LogP contribution in [0.3, 0.4) is 0 Å². The number of aliphatic carboxylic acids is 1. The first-order valence-corrected chi connectivity index (χ1v) is 10.3. The maximum Gasteiger partial charge on any atom is 1.00 e. The van der Waals surface area contributed by atoms with Crippen LogP contribution in [0.1, 0.15) is 42.9 Å². The van der Waals surface area contributed by atoms with Gasteiger partial charge in [0.05, 0.1) is 23.4 Å². The largest absolute Gasteiger partial charge is 1.00 e. The number of fused-ring (bicyclic) bond motifs is 1. The number of aromatic nitrogens is 1. The molecular formula is C25H23FKNO4. The number of aliphatic hydroxyl groups excluding tert-OH is 2. The number of hydrogen-bond acceptors (Lipinski definition) is 5. The Morgan fingerprint density at radius 1 is 1.16 bits per heavy atom. The first kappa shape index (κ1) is 25.2. The molecule has 1 heterocycles. The van der Waals surface area contributed by atoms with E-state index in [0.29, 0.717) is 5.92 Å². The Bertz CT molecular complexity index is 1130. The van der Waals surface area contributed by atoms with Gasteiger partial charge >= 0.3 is 51.4 Å². The molecule has 1 saturated carbocycles. The average molecular weight is 460 g/mol. The first-order valence-electron chi connectivity index (χ1n) is 10.3. The van der Waals surface area contributed by atoms with Crippen LogP contribution >= 0.6 is 0 Å². The van der Waals surface area contributed by atoms with E-state index in [1.54, 1.807) is 24.3 Å². The summed E-state index contributed by atoms with van der Waals surface area (Å²) in [4.78, 5) is 15.5. The number of pyridine rings is 1. The van der Waals surface area contributed by atoms with Crippen molar-refractivity contribution in [1.29, 1.82) is 0 Å². The first-order chi connectivity index (χ1) is 14.9. The predicted molar refractivity (Wildman–Crippen MR) is 114 cm³/mol. The number of aliphatic hydroxyl groups is 2. The summed E-state index contributed by atoms with van der Waals surface area (Å²) in [6, 6.07) is 14.1. The number of hydrogen-bond donors (Lipinski definition) is 2. The molecule has 2 atom stereocenters. The molecule has 1 aliphatic carbocycles. The second-order valence-corrected chi connectivity index (χ2v) is 7.98. The van der Waals surface area contributed by atoms with Gasteiger partial charge in [-0.1, -0.05) is 42.5 Å². The maximum atomic E-state index is 13.6. The fourth-order valence-electron chi connectivity index (χ4n) is 3.85. The van der Waals surface area contributed by atoms with E-state index < -0.39 is 24.6 Å². The van der Waals surface area contributed by atoms with E-state index in [1.165, 1.54) is 12.1 Å². The molecule has 0 radical (unpaired) electrons. The Morgan fingerprint density at radius 3 is 2.50 bits per heavy atom. The molecule has 0 unspecified atom stereocenters. The minimum absolute atomic E-state index is 0. The van der Waals surface area contributed by atoms with Crippen molar-refractivity contribution in [3.05, 3.63) is 71.7 Å². The molecule has 3 aromatic rings. The van der Waals surface area contributed by atoms with E-state index in [4.69, 9.17) is 4.98 Å². The number of para-hydroxylation sites is 1. The SMILES string of the molecule is O=C([O-])C[C@H](O)C[C@H](O)/C=C/c1c(C2CC2)nc2ccccc2c1-c1ccc(F)cc1.[K+]. The van der Waals surface area contributed by atoms with E-state index in [0.717, 1.165) is 46.1 Å². The summed E-state index contributed by atoms with van der Waals surface area (Å²) in [5.41, 5.74) is 4.38. The Morgan fingerprint density at radius 2 is 1.84 bits per heavy atom. The van der Waals surface area contributed by atoms with Gasteiger partial charge in [0.15, 0.2) is 0 Å². The van der Waals surface area contributed by atoms with Crippen molar-refractivity contribution in [1.82, 2.24) is 4.98 Å². The van der Waals surface area contributed by atoms with Crippen LogP contribution in [0, 0.1) is 5.82 Å². The minimum Gasteiger partial charge on any atom is -0.550 e. The number of carboxylic acid groups (broad SMARTS) is 1. The zero-order chi connectivity index (χ0) is 22.0. The molecule has 160 valence electrons. The third kappa shape index (κ3) is 6.11. The Labute approximate surface area is 228 Å². The molecule has 0 spiro atoms. The quantitative estimate of drug-likeness (QED) is 0.469. The zero-order valence-corrected chi connectivity index (χ0v) is 21.0. The molecule has 7 heteroatoms. The van der Waals surface area contributed by atoms with E-state index in [1.807, 2.05) is 24.3 Å². The number of halogens is 1. The van der Waals surface area contributed by atoms with E-state index in [9.17, 15) is 24.5 Å². The summed E-state index contributed by atoms with van der Waals surface area (Å²) in [7, 11) is 0. The van der Waals surface area contributed by atoms with Crippen LogP contribution < -0.4 is 56.5 Å². The standard InChI is InChI=1S/C25H24FNO4.K/c26-17-9-7-15(8-10-17)24-20-3-1-2-4-22(20)27-25(16-5-6-16)21(24)12-11-18(28)13-19(29)14-23(30)31;/h1-4,7-12,16,18-19,28-29H,5-6,13-14H2,(H,30,31);/q;+1/p-1/b12-11+;/t18-,19-;/m1./s1. The normalized spacial score (nSPS) is 15.5. The van der Waals surface area contributed by atoms with Crippen LogP contribution in [0.5, 0.6) is 0 Å². The fraction of sp³-hybridized carbons (Fsp3) is 0.280. The second kappa shape index (κ2) is 11.1. The molecule has 0 amide bonds. The van der Waals surface area contributed by atoms with Crippen molar-refractivity contribution in [2.45, 2.75) is 43.8 Å². The van der Waals surface area contributed by atoms with E-state index >= 15 is 0 Å².